The average molecular weight is 307 g/mol. The van der Waals surface area contributed by atoms with Crippen LogP contribution in [0.5, 0.6) is 0 Å². The summed E-state index contributed by atoms with van der Waals surface area (Å²) in [6.45, 7) is 5.06. The van der Waals surface area contributed by atoms with E-state index in [-0.39, 0.29) is 5.78 Å². The molecule has 3 rings (SSSR count). The number of halogens is 1. The van der Waals surface area contributed by atoms with Gasteiger partial charge >= 0.3 is 0 Å². The number of benzene rings is 1. The molecule has 114 valence electrons. The third-order valence-electron chi connectivity index (χ3n) is 4.67. The minimum absolute atomic E-state index is 0.178. The first-order valence-electron chi connectivity index (χ1n) is 7.97. The van der Waals surface area contributed by atoms with E-state index in [1.807, 2.05) is 12.1 Å². The Morgan fingerprint density at radius 2 is 2.00 bits per heavy atom. The van der Waals surface area contributed by atoms with E-state index in [0.29, 0.717) is 17.6 Å². The molecule has 0 spiro atoms. The molecule has 0 bridgehead atoms. The maximum atomic E-state index is 12.3. The zero-order chi connectivity index (χ0) is 14.7. The maximum Gasteiger partial charge on any atom is 0.176 e. The molecule has 0 aromatic heterocycles. The van der Waals surface area contributed by atoms with Gasteiger partial charge in [0, 0.05) is 29.7 Å². The van der Waals surface area contributed by atoms with E-state index < -0.39 is 0 Å². The van der Waals surface area contributed by atoms with Crippen LogP contribution in [0.2, 0.25) is 5.02 Å². The molecular formula is C17H23ClN2O. The van der Waals surface area contributed by atoms with Gasteiger partial charge in [0.05, 0.1) is 6.54 Å². The van der Waals surface area contributed by atoms with Crippen molar-refractivity contribution < 1.29 is 4.79 Å². The van der Waals surface area contributed by atoms with Crippen LogP contribution in [0.3, 0.4) is 0 Å². The lowest BCUT2D eigenvalue weighted by Gasteiger charge is -2.32. The minimum Gasteiger partial charge on any atom is -0.299 e. The van der Waals surface area contributed by atoms with Gasteiger partial charge in [-0.3, -0.25) is 14.6 Å². The van der Waals surface area contributed by atoms with Crippen LogP contribution in [0.4, 0.5) is 0 Å². The van der Waals surface area contributed by atoms with E-state index in [1.54, 1.807) is 12.1 Å². The molecule has 1 aromatic carbocycles. The highest BCUT2D eigenvalue weighted by atomic mass is 35.5. The fourth-order valence-corrected chi connectivity index (χ4v) is 3.68. The Hall–Kier alpha value is -0.900. The SMILES string of the molecule is O=C(CN1CCC(N2CCCCC2)C1)c1cccc(Cl)c1. The first-order valence-corrected chi connectivity index (χ1v) is 8.35. The van der Waals surface area contributed by atoms with Crippen LogP contribution in [0.25, 0.3) is 0 Å². The zero-order valence-electron chi connectivity index (χ0n) is 12.4. The number of nitrogens with zero attached hydrogens (tertiary/aromatic N) is 2. The zero-order valence-corrected chi connectivity index (χ0v) is 13.2. The van der Waals surface area contributed by atoms with Gasteiger partial charge in [-0.05, 0) is 44.5 Å². The van der Waals surface area contributed by atoms with Gasteiger partial charge in [0.1, 0.15) is 0 Å². The number of likely N-dealkylation sites (tertiary alicyclic amines) is 2. The van der Waals surface area contributed by atoms with Crippen molar-refractivity contribution in [2.45, 2.75) is 31.7 Å². The largest absolute Gasteiger partial charge is 0.299 e. The van der Waals surface area contributed by atoms with Crippen LogP contribution in [0, 0.1) is 0 Å². The Morgan fingerprint density at radius 1 is 1.19 bits per heavy atom. The summed E-state index contributed by atoms with van der Waals surface area (Å²) in [5, 5.41) is 0.633. The summed E-state index contributed by atoms with van der Waals surface area (Å²) >= 11 is 5.96. The van der Waals surface area contributed by atoms with Crippen LogP contribution < -0.4 is 0 Å². The summed E-state index contributed by atoms with van der Waals surface area (Å²) < 4.78 is 0. The van der Waals surface area contributed by atoms with E-state index in [2.05, 4.69) is 9.80 Å². The lowest BCUT2D eigenvalue weighted by atomic mass is 10.1. The quantitative estimate of drug-likeness (QED) is 0.799. The predicted molar refractivity (Wildman–Crippen MR) is 86.1 cm³/mol. The van der Waals surface area contributed by atoms with Gasteiger partial charge in [-0.25, -0.2) is 0 Å². The first-order chi connectivity index (χ1) is 10.2. The Kier molecular flexibility index (Phi) is 4.94. The molecule has 2 fully saturated rings. The van der Waals surface area contributed by atoms with Gasteiger partial charge in [0.15, 0.2) is 5.78 Å². The Bertz CT molecular complexity index is 499. The number of piperidine rings is 1. The van der Waals surface area contributed by atoms with E-state index in [9.17, 15) is 4.79 Å². The summed E-state index contributed by atoms with van der Waals surface area (Å²) in [5.74, 6) is 0.178. The third-order valence-corrected chi connectivity index (χ3v) is 4.90. The summed E-state index contributed by atoms with van der Waals surface area (Å²) in [5.41, 5.74) is 0.726. The van der Waals surface area contributed by atoms with Gasteiger partial charge < -0.3 is 0 Å². The number of ketones is 1. The van der Waals surface area contributed by atoms with Crippen molar-refractivity contribution in [3.05, 3.63) is 34.9 Å². The lowest BCUT2D eigenvalue weighted by Crippen LogP contribution is -2.41. The van der Waals surface area contributed by atoms with Crippen LogP contribution in [-0.2, 0) is 0 Å². The molecule has 21 heavy (non-hydrogen) atoms. The number of hydrogen-bond donors (Lipinski definition) is 0. The number of rotatable bonds is 4. The van der Waals surface area contributed by atoms with Gasteiger partial charge in [-0.2, -0.15) is 0 Å². The summed E-state index contributed by atoms with van der Waals surface area (Å²) in [6.07, 6.45) is 5.24. The molecule has 2 saturated heterocycles. The van der Waals surface area contributed by atoms with E-state index >= 15 is 0 Å². The van der Waals surface area contributed by atoms with Gasteiger partial charge in [-0.15, -0.1) is 0 Å². The normalized spacial score (nSPS) is 24.3. The standard InChI is InChI=1S/C17H23ClN2O/c18-15-6-4-5-14(11-15)17(21)13-19-10-7-16(12-19)20-8-2-1-3-9-20/h4-6,11,16H,1-3,7-10,12-13H2. The van der Waals surface area contributed by atoms with Gasteiger partial charge in [0.2, 0.25) is 0 Å². The Balaban J connectivity index is 1.53. The van der Waals surface area contributed by atoms with Crippen molar-refractivity contribution in [2.24, 2.45) is 0 Å². The third kappa shape index (κ3) is 3.85. The summed E-state index contributed by atoms with van der Waals surface area (Å²) in [4.78, 5) is 17.2. The van der Waals surface area contributed by atoms with Crippen LogP contribution in [0.1, 0.15) is 36.0 Å². The molecular weight excluding hydrogens is 284 g/mol. The summed E-state index contributed by atoms with van der Waals surface area (Å²) in [6, 6.07) is 7.92. The fraction of sp³-hybridized carbons (Fsp3) is 0.588. The second-order valence-corrected chi connectivity index (χ2v) is 6.64. The van der Waals surface area contributed by atoms with Crippen LogP contribution in [0.15, 0.2) is 24.3 Å². The molecule has 2 aliphatic rings. The van der Waals surface area contributed by atoms with Crippen LogP contribution >= 0.6 is 11.6 Å². The van der Waals surface area contributed by atoms with E-state index in [0.717, 1.165) is 18.7 Å². The highest BCUT2D eigenvalue weighted by Gasteiger charge is 2.29. The topological polar surface area (TPSA) is 23.6 Å². The van der Waals surface area contributed by atoms with Crippen molar-refractivity contribution in [3.63, 3.8) is 0 Å². The highest BCUT2D eigenvalue weighted by molar-refractivity contribution is 6.31. The van der Waals surface area contributed by atoms with E-state index in [4.69, 9.17) is 11.6 Å². The molecule has 1 aromatic rings. The summed E-state index contributed by atoms with van der Waals surface area (Å²) in [7, 11) is 0. The fourth-order valence-electron chi connectivity index (χ4n) is 3.49. The number of carbonyl (C=O) groups excluding carboxylic acids is 1. The van der Waals surface area contributed by atoms with E-state index in [1.165, 1.54) is 38.8 Å². The molecule has 4 heteroatoms. The monoisotopic (exact) mass is 306 g/mol. The molecule has 2 aliphatic heterocycles. The van der Waals surface area contributed by atoms with Crippen LogP contribution in [-0.4, -0.2) is 54.3 Å². The van der Waals surface area contributed by atoms with Crippen molar-refractivity contribution >= 4 is 17.4 Å². The molecule has 1 atom stereocenters. The van der Waals surface area contributed by atoms with Gasteiger partial charge in [0.25, 0.3) is 0 Å². The van der Waals surface area contributed by atoms with Gasteiger partial charge in [-0.1, -0.05) is 30.2 Å². The number of carbonyl (C=O) groups is 1. The van der Waals surface area contributed by atoms with Crippen molar-refractivity contribution in [1.29, 1.82) is 0 Å². The molecule has 0 radical (unpaired) electrons. The molecule has 0 saturated carbocycles. The van der Waals surface area contributed by atoms with Crippen molar-refractivity contribution in [2.75, 3.05) is 32.7 Å². The number of hydrogen-bond acceptors (Lipinski definition) is 3. The van der Waals surface area contributed by atoms with Crippen molar-refractivity contribution in [3.8, 4) is 0 Å². The second kappa shape index (κ2) is 6.91. The minimum atomic E-state index is 0.178. The predicted octanol–water partition coefficient (Wildman–Crippen LogP) is 3.08. The molecule has 0 N–H and O–H groups in total. The highest BCUT2D eigenvalue weighted by Crippen LogP contribution is 2.20. The smallest absolute Gasteiger partial charge is 0.176 e. The number of Topliss-reactive ketones (excluding diaryl/α,β-unsaturated/α-hetero) is 1. The average Bonchev–Trinajstić information content (AvgIpc) is 2.97. The maximum absolute atomic E-state index is 12.3. The molecule has 3 nitrogen and oxygen atoms in total. The van der Waals surface area contributed by atoms with Crippen molar-refractivity contribution in [1.82, 2.24) is 9.80 Å². The molecule has 0 amide bonds. The Morgan fingerprint density at radius 3 is 2.76 bits per heavy atom. The molecule has 2 heterocycles. The lowest BCUT2D eigenvalue weighted by molar-refractivity contribution is 0.0936. The molecule has 1 unspecified atom stereocenters. The Labute approximate surface area is 131 Å². The second-order valence-electron chi connectivity index (χ2n) is 6.21. The molecule has 0 aliphatic carbocycles. The first kappa shape index (κ1) is 15.0.